The van der Waals surface area contributed by atoms with Gasteiger partial charge in [-0.15, -0.1) is 0 Å². The average molecular weight is 332 g/mol. The Bertz CT molecular complexity index is 473. The molecule has 0 N–H and O–H groups in total. The predicted octanol–water partition coefficient (Wildman–Crippen LogP) is -0.257. The lowest BCUT2D eigenvalue weighted by molar-refractivity contribution is -0.231. The molecule has 0 aromatic heterocycles. The molecule has 1 rings (SSSR count). The van der Waals surface area contributed by atoms with Crippen molar-refractivity contribution in [3.8, 4) is 0 Å². The summed E-state index contributed by atoms with van der Waals surface area (Å²) in [6.45, 7) is 4.46. The van der Waals surface area contributed by atoms with E-state index in [1.807, 2.05) is 0 Å². The first-order valence-corrected chi connectivity index (χ1v) is 6.97. The average Bonchev–Trinajstić information content (AvgIpc) is 2.39. The molecule has 0 aromatic carbocycles. The molecule has 1 aliphatic heterocycles. The first-order valence-electron chi connectivity index (χ1n) is 6.97. The topological polar surface area (TPSA) is 114 Å². The second-order valence-corrected chi connectivity index (χ2v) is 4.97. The first-order chi connectivity index (χ1) is 10.7. The van der Waals surface area contributed by atoms with E-state index in [4.69, 9.17) is 23.7 Å². The highest BCUT2D eigenvalue weighted by Crippen LogP contribution is 2.24. The van der Waals surface area contributed by atoms with E-state index in [-0.39, 0.29) is 13.2 Å². The minimum Gasteiger partial charge on any atom is -0.463 e. The number of rotatable bonds is 5. The van der Waals surface area contributed by atoms with Gasteiger partial charge in [0, 0.05) is 27.7 Å². The van der Waals surface area contributed by atoms with Crippen molar-refractivity contribution >= 4 is 23.9 Å². The molecule has 130 valence electrons. The van der Waals surface area contributed by atoms with Gasteiger partial charge in [0.25, 0.3) is 0 Å². The summed E-state index contributed by atoms with van der Waals surface area (Å²) in [4.78, 5) is 44.8. The fraction of sp³-hybridized carbons (Fsp3) is 0.714. The van der Waals surface area contributed by atoms with Crippen molar-refractivity contribution in [3.05, 3.63) is 0 Å². The molecule has 0 aliphatic carbocycles. The number of ether oxygens (including phenoxy) is 5. The highest BCUT2D eigenvalue weighted by atomic mass is 16.7. The van der Waals surface area contributed by atoms with Crippen LogP contribution in [-0.2, 0) is 42.9 Å². The third-order valence-electron chi connectivity index (χ3n) is 2.90. The molecular formula is C14H20O9. The predicted molar refractivity (Wildman–Crippen MR) is 73.0 cm³/mol. The Morgan fingerprint density at radius 2 is 1.35 bits per heavy atom. The van der Waals surface area contributed by atoms with Gasteiger partial charge in [0.05, 0.1) is 6.61 Å². The summed E-state index contributed by atoms with van der Waals surface area (Å²) in [6.07, 6.45) is -3.92. The minimum absolute atomic E-state index is 0.0960. The zero-order valence-electron chi connectivity index (χ0n) is 13.4. The minimum atomic E-state index is -1.08. The molecule has 9 nitrogen and oxygen atoms in total. The van der Waals surface area contributed by atoms with E-state index in [0.29, 0.717) is 0 Å². The van der Waals surface area contributed by atoms with Crippen LogP contribution in [0.25, 0.3) is 0 Å². The Labute approximate surface area is 133 Å². The van der Waals surface area contributed by atoms with Crippen molar-refractivity contribution in [3.63, 3.8) is 0 Å². The molecule has 0 aromatic rings. The largest absolute Gasteiger partial charge is 0.463 e. The van der Waals surface area contributed by atoms with Crippen LogP contribution in [0.5, 0.6) is 0 Å². The summed E-state index contributed by atoms with van der Waals surface area (Å²) in [7, 11) is 0. The Morgan fingerprint density at radius 1 is 0.826 bits per heavy atom. The first kappa shape index (κ1) is 18.9. The van der Waals surface area contributed by atoms with Gasteiger partial charge >= 0.3 is 23.9 Å². The Kier molecular flexibility index (Phi) is 6.95. The van der Waals surface area contributed by atoms with Crippen LogP contribution in [-0.4, -0.2) is 61.5 Å². The number of hydrogen-bond acceptors (Lipinski definition) is 9. The molecule has 1 heterocycles. The van der Waals surface area contributed by atoms with Gasteiger partial charge in [0.2, 0.25) is 0 Å². The highest BCUT2D eigenvalue weighted by Gasteiger charge is 2.47. The second-order valence-electron chi connectivity index (χ2n) is 4.97. The normalized spacial score (nSPS) is 26.8. The molecule has 4 atom stereocenters. The van der Waals surface area contributed by atoms with Gasteiger partial charge in [-0.05, 0) is 0 Å². The van der Waals surface area contributed by atoms with E-state index in [2.05, 4.69) is 0 Å². The smallest absolute Gasteiger partial charge is 0.303 e. The van der Waals surface area contributed by atoms with Gasteiger partial charge in [-0.25, -0.2) is 0 Å². The van der Waals surface area contributed by atoms with Crippen LogP contribution in [0.15, 0.2) is 0 Å². The summed E-state index contributed by atoms with van der Waals surface area (Å²) in [5.41, 5.74) is 0. The number of carbonyl (C=O) groups excluding carboxylic acids is 4. The fourth-order valence-electron chi connectivity index (χ4n) is 2.16. The number of esters is 4. The lowest BCUT2D eigenvalue weighted by Gasteiger charge is -2.40. The third kappa shape index (κ3) is 6.23. The monoisotopic (exact) mass is 332 g/mol. The molecule has 0 spiro atoms. The summed E-state index contributed by atoms with van der Waals surface area (Å²) < 4.78 is 25.6. The summed E-state index contributed by atoms with van der Waals surface area (Å²) in [5.74, 6) is -2.43. The number of hydrogen-bond donors (Lipinski definition) is 0. The van der Waals surface area contributed by atoms with E-state index in [1.165, 1.54) is 27.7 Å². The van der Waals surface area contributed by atoms with Crippen LogP contribution in [0.3, 0.4) is 0 Å². The molecule has 0 saturated carbocycles. The van der Waals surface area contributed by atoms with Crippen molar-refractivity contribution < 1.29 is 42.9 Å². The molecular weight excluding hydrogens is 312 g/mol. The lowest BCUT2D eigenvalue weighted by atomic mass is 9.99. The SMILES string of the molecule is CC(=O)OC[C@@H]1OC[C@H](OC(C)=O)[C@H](OC(C)=O)[C@@H]1OC(C)=O. The molecule has 1 fully saturated rings. The molecule has 0 radical (unpaired) electrons. The van der Waals surface area contributed by atoms with E-state index in [1.54, 1.807) is 0 Å². The van der Waals surface area contributed by atoms with Gasteiger partial charge in [0.15, 0.2) is 18.3 Å². The zero-order chi connectivity index (χ0) is 17.6. The molecule has 0 unspecified atom stereocenters. The molecule has 1 saturated heterocycles. The van der Waals surface area contributed by atoms with Gasteiger partial charge in [-0.1, -0.05) is 0 Å². The Balaban J connectivity index is 2.98. The Morgan fingerprint density at radius 3 is 1.83 bits per heavy atom. The standard InChI is InChI=1S/C14H20O9/c1-7(15)19-5-11-13(22-9(3)17)14(23-10(4)18)12(6-20-11)21-8(2)16/h11-14H,5-6H2,1-4H3/t11-,12-,13+,14-/m0/s1. The van der Waals surface area contributed by atoms with E-state index in [9.17, 15) is 19.2 Å². The summed E-state index contributed by atoms with van der Waals surface area (Å²) in [6, 6.07) is 0. The van der Waals surface area contributed by atoms with Gasteiger partial charge < -0.3 is 23.7 Å². The van der Waals surface area contributed by atoms with Crippen molar-refractivity contribution in [1.29, 1.82) is 0 Å². The summed E-state index contributed by atoms with van der Waals surface area (Å²) in [5, 5.41) is 0. The third-order valence-corrected chi connectivity index (χ3v) is 2.90. The van der Waals surface area contributed by atoms with Gasteiger partial charge in [0.1, 0.15) is 12.7 Å². The van der Waals surface area contributed by atoms with Crippen LogP contribution in [0, 0.1) is 0 Å². The van der Waals surface area contributed by atoms with E-state index in [0.717, 1.165) is 0 Å². The second kappa shape index (κ2) is 8.47. The zero-order valence-corrected chi connectivity index (χ0v) is 13.4. The van der Waals surface area contributed by atoms with Gasteiger partial charge in [-0.2, -0.15) is 0 Å². The lowest BCUT2D eigenvalue weighted by Crippen LogP contribution is -2.58. The van der Waals surface area contributed by atoms with Crippen LogP contribution >= 0.6 is 0 Å². The van der Waals surface area contributed by atoms with Crippen LogP contribution in [0.4, 0.5) is 0 Å². The van der Waals surface area contributed by atoms with Crippen LogP contribution in [0.2, 0.25) is 0 Å². The maximum Gasteiger partial charge on any atom is 0.303 e. The van der Waals surface area contributed by atoms with Crippen molar-refractivity contribution in [1.82, 2.24) is 0 Å². The van der Waals surface area contributed by atoms with E-state index >= 15 is 0 Å². The Hall–Kier alpha value is -2.16. The van der Waals surface area contributed by atoms with Gasteiger partial charge in [-0.3, -0.25) is 19.2 Å². The molecule has 1 aliphatic rings. The summed E-state index contributed by atoms with van der Waals surface area (Å²) >= 11 is 0. The molecule has 9 heteroatoms. The van der Waals surface area contributed by atoms with Crippen molar-refractivity contribution in [2.75, 3.05) is 13.2 Å². The molecule has 0 amide bonds. The van der Waals surface area contributed by atoms with Crippen molar-refractivity contribution in [2.45, 2.75) is 52.1 Å². The number of carbonyl (C=O) groups is 4. The highest BCUT2D eigenvalue weighted by molar-refractivity contribution is 5.68. The molecule has 23 heavy (non-hydrogen) atoms. The van der Waals surface area contributed by atoms with Crippen molar-refractivity contribution in [2.24, 2.45) is 0 Å². The maximum atomic E-state index is 11.3. The van der Waals surface area contributed by atoms with Crippen LogP contribution in [0.1, 0.15) is 27.7 Å². The van der Waals surface area contributed by atoms with Crippen LogP contribution < -0.4 is 0 Å². The van der Waals surface area contributed by atoms with E-state index < -0.39 is 48.3 Å². The quantitative estimate of drug-likeness (QED) is 0.496. The maximum absolute atomic E-state index is 11.3. The molecule has 0 bridgehead atoms. The fourth-order valence-corrected chi connectivity index (χ4v) is 2.16.